The van der Waals surface area contributed by atoms with Gasteiger partial charge in [0.15, 0.2) is 11.0 Å². The highest BCUT2D eigenvalue weighted by molar-refractivity contribution is 7.98. The first kappa shape index (κ1) is 18.9. The number of hydrogen-bond acceptors (Lipinski definition) is 7. The summed E-state index contributed by atoms with van der Waals surface area (Å²) in [5.41, 5.74) is 7.37. The minimum absolute atomic E-state index is 0.0702. The summed E-state index contributed by atoms with van der Waals surface area (Å²) >= 11 is 1.43. The van der Waals surface area contributed by atoms with Crippen LogP contribution in [0, 0.1) is 12.8 Å². The van der Waals surface area contributed by atoms with E-state index in [-0.39, 0.29) is 28.9 Å². The summed E-state index contributed by atoms with van der Waals surface area (Å²) in [4.78, 5) is 39.1. The van der Waals surface area contributed by atoms with Gasteiger partial charge in [0.05, 0.1) is 11.5 Å². The first-order valence-electron chi connectivity index (χ1n) is 9.51. The molecule has 2 saturated carbocycles. The number of nitrogens with zero attached hydrogens (tertiary/aromatic N) is 4. The topological polar surface area (TPSA) is 112 Å². The number of pyridine rings is 1. The van der Waals surface area contributed by atoms with Crippen LogP contribution in [0.2, 0.25) is 0 Å². The summed E-state index contributed by atoms with van der Waals surface area (Å²) in [6.45, 7) is 1.80. The Labute approximate surface area is 166 Å². The minimum atomic E-state index is -0.398. The van der Waals surface area contributed by atoms with Crippen LogP contribution in [0.3, 0.4) is 0 Å². The quantitative estimate of drug-likeness (QED) is 0.204. The first-order valence-corrected chi connectivity index (χ1v) is 10.7. The van der Waals surface area contributed by atoms with Crippen LogP contribution in [0.1, 0.15) is 55.7 Å². The lowest BCUT2D eigenvalue weighted by Crippen LogP contribution is -2.34. The third-order valence-corrected chi connectivity index (χ3v) is 6.02. The predicted octanol–water partition coefficient (Wildman–Crippen LogP) is 2.51. The van der Waals surface area contributed by atoms with Gasteiger partial charge in [0, 0.05) is 17.6 Å². The Hall–Kier alpha value is -2.42. The van der Waals surface area contributed by atoms with Crippen molar-refractivity contribution in [1.82, 2.24) is 14.5 Å². The number of oxime groups is 1. The highest BCUT2D eigenvalue weighted by atomic mass is 32.2. The molecule has 2 aliphatic carbocycles. The predicted molar refractivity (Wildman–Crippen MR) is 107 cm³/mol. The first-order chi connectivity index (χ1) is 13.5. The number of aromatic nitrogens is 3. The number of nitrogens with two attached hydrogens (primary N) is 1. The minimum Gasteiger partial charge on any atom is -0.380 e. The molecule has 0 atom stereocenters. The zero-order chi connectivity index (χ0) is 19.8. The number of aryl methyl sites for hydroxylation is 1. The Kier molecular flexibility index (Phi) is 5.09. The monoisotopic (exact) mass is 401 g/mol. The van der Waals surface area contributed by atoms with Gasteiger partial charge in [-0.05, 0) is 44.4 Å². The molecule has 2 aromatic rings. The summed E-state index contributed by atoms with van der Waals surface area (Å²) in [5.74, 6) is -0.577. The van der Waals surface area contributed by atoms with Gasteiger partial charge >= 0.3 is 5.97 Å². The normalized spacial score (nSPS) is 18.0. The van der Waals surface area contributed by atoms with Gasteiger partial charge < -0.3 is 10.6 Å². The summed E-state index contributed by atoms with van der Waals surface area (Å²) in [5, 5.41) is 5.14. The molecule has 2 aliphatic rings. The molecule has 2 heterocycles. The third-order valence-electron chi connectivity index (χ3n) is 5.46. The average Bonchev–Trinajstić information content (AvgIpc) is 3.42. The Morgan fingerprint density at radius 1 is 1.32 bits per heavy atom. The second-order valence-electron chi connectivity index (χ2n) is 7.37. The fourth-order valence-electron chi connectivity index (χ4n) is 3.75. The van der Waals surface area contributed by atoms with Crippen LogP contribution >= 0.6 is 11.8 Å². The molecule has 28 heavy (non-hydrogen) atoms. The molecule has 8 nitrogen and oxygen atoms in total. The van der Waals surface area contributed by atoms with Crippen molar-refractivity contribution >= 4 is 34.6 Å². The summed E-state index contributed by atoms with van der Waals surface area (Å²) in [6, 6.07) is 0.0702. The largest absolute Gasteiger partial charge is 0.380 e. The van der Waals surface area contributed by atoms with Crippen molar-refractivity contribution in [1.29, 1.82) is 0 Å². The molecule has 9 heteroatoms. The van der Waals surface area contributed by atoms with Crippen LogP contribution in [0.15, 0.2) is 21.3 Å². The fraction of sp³-hybridized carbons (Fsp3) is 0.526. The molecule has 0 aromatic carbocycles. The molecular formula is C19H23N5O3S. The summed E-state index contributed by atoms with van der Waals surface area (Å²) < 4.78 is 1.73. The van der Waals surface area contributed by atoms with Gasteiger partial charge in [-0.15, -0.1) is 0 Å². The molecule has 0 unspecified atom stereocenters. The number of rotatable bonds is 5. The third kappa shape index (κ3) is 3.39. The molecule has 0 aliphatic heterocycles. The van der Waals surface area contributed by atoms with Crippen molar-refractivity contribution in [3.8, 4) is 0 Å². The van der Waals surface area contributed by atoms with Crippen LogP contribution in [0.5, 0.6) is 0 Å². The van der Waals surface area contributed by atoms with E-state index < -0.39 is 5.97 Å². The molecule has 0 spiro atoms. The van der Waals surface area contributed by atoms with Crippen LogP contribution in [-0.4, -0.2) is 32.6 Å². The van der Waals surface area contributed by atoms with E-state index >= 15 is 0 Å². The lowest BCUT2D eigenvalue weighted by atomic mass is 10.1. The molecule has 4 rings (SSSR count). The average molecular weight is 401 g/mol. The standard InChI is InChI=1S/C19H23N5O3S/c1-10-13-9-21-19(28-2)22-16(13)24(12-5-3-4-6-12)17(25)14(10)15(20)23-27-18(26)11-7-8-11/h9,11-12H,3-8H2,1-2H3,(H2,20,23). The smallest absolute Gasteiger partial charge is 0.338 e. The van der Waals surface area contributed by atoms with Crippen molar-refractivity contribution in [2.75, 3.05) is 6.26 Å². The molecule has 2 N–H and O–H groups in total. The Morgan fingerprint density at radius 2 is 2.04 bits per heavy atom. The van der Waals surface area contributed by atoms with Gasteiger partial charge in [0.25, 0.3) is 5.56 Å². The van der Waals surface area contributed by atoms with Crippen LogP contribution in [0.4, 0.5) is 0 Å². The number of carbonyl (C=O) groups excluding carboxylic acids is 1. The van der Waals surface area contributed by atoms with E-state index in [1.807, 2.05) is 6.26 Å². The van der Waals surface area contributed by atoms with Gasteiger partial charge in [0.2, 0.25) is 0 Å². The van der Waals surface area contributed by atoms with E-state index in [9.17, 15) is 9.59 Å². The van der Waals surface area contributed by atoms with E-state index in [2.05, 4.69) is 15.1 Å². The zero-order valence-electron chi connectivity index (χ0n) is 16.0. The van der Waals surface area contributed by atoms with Crippen LogP contribution in [-0.2, 0) is 9.63 Å². The van der Waals surface area contributed by atoms with Gasteiger partial charge in [-0.3, -0.25) is 9.36 Å². The van der Waals surface area contributed by atoms with Crippen molar-refractivity contribution in [3.63, 3.8) is 0 Å². The highest BCUT2D eigenvalue weighted by Crippen LogP contribution is 2.32. The summed E-state index contributed by atoms with van der Waals surface area (Å²) in [7, 11) is 0. The van der Waals surface area contributed by atoms with E-state index in [1.54, 1.807) is 17.7 Å². The van der Waals surface area contributed by atoms with Crippen molar-refractivity contribution in [3.05, 3.63) is 27.7 Å². The van der Waals surface area contributed by atoms with E-state index in [1.165, 1.54) is 11.8 Å². The fourth-order valence-corrected chi connectivity index (χ4v) is 4.09. The van der Waals surface area contributed by atoms with Gasteiger partial charge in [-0.25, -0.2) is 14.8 Å². The molecule has 2 fully saturated rings. The molecule has 0 bridgehead atoms. The van der Waals surface area contributed by atoms with E-state index in [0.29, 0.717) is 16.4 Å². The van der Waals surface area contributed by atoms with Crippen LogP contribution < -0.4 is 11.3 Å². The molecule has 148 valence electrons. The van der Waals surface area contributed by atoms with Crippen molar-refractivity contribution < 1.29 is 9.63 Å². The number of carbonyl (C=O) groups is 1. The Morgan fingerprint density at radius 3 is 2.68 bits per heavy atom. The maximum Gasteiger partial charge on any atom is 0.338 e. The van der Waals surface area contributed by atoms with Gasteiger partial charge in [-0.2, -0.15) is 0 Å². The second kappa shape index (κ2) is 7.54. The highest BCUT2D eigenvalue weighted by Gasteiger charge is 2.32. The number of thioether (sulfide) groups is 1. The molecule has 0 saturated heterocycles. The SMILES string of the molecule is CSc1ncc2c(C)c(C(N)=NOC(=O)C3CC3)c(=O)n(C3CCCC3)c2n1. The zero-order valence-corrected chi connectivity index (χ0v) is 16.8. The van der Waals surface area contributed by atoms with E-state index in [0.717, 1.165) is 43.9 Å². The molecule has 2 aromatic heterocycles. The number of amidine groups is 1. The van der Waals surface area contributed by atoms with Gasteiger partial charge in [0.1, 0.15) is 5.65 Å². The molecular weight excluding hydrogens is 378 g/mol. The Bertz CT molecular complexity index is 1020. The van der Waals surface area contributed by atoms with Crippen LogP contribution in [0.25, 0.3) is 11.0 Å². The maximum atomic E-state index is 13.4. The lowest BCUT2D eigenvalue weighted by Gasteiger charge is -2.19. The van der Waals surface area contributed by atoms with Gasteiger partial charge in [-0.1, -0.05) is 29.8 Å². The molecule has 0 radical (unpaired) electrons. The Balaban J connectivity index is 1.87. The number of fused-ring (bicyclic) bond motifs is 1. The lowest BCUT2D eigenvalue weighted by molar-refractivity contribution is -0.145. The maximum absolute atomic E-state index is 13.4. The van der Waals surface area contributed by atoms with Crippen molar-refractivity contribution in [2.45, 2.75) is 56.6 Å². The van der Waals surface area contributed by atoms with Crippen molar-refractivity contribution in [2.24, 2.45) is 16.8 Å². The van der Waals surface area contributed by atoms with E-state index in [4.69, 9.17) is 10.6 Å². The molecule has 0 amide bonds. The summed E-state index contributed by atoms with van der Waals surface area (Å²) in [6.07, 6.45) is 9.24. The second-order valence-corrected chi connectivity index (χ2v) is 8.14. The number of hydrogen-bond donors (Lipinski definition) is 1.